The molecule has 0 heterocycles. The van der Waals surface area contributed by atoms with Crippen molar-refractivity contribution in [2.45, 2.75) is 25.4 Å². The quantitative estimate of drug-likeness (QED) is 0.663. The molecular formula is C23H24O2. The van der Waals surface area contributed by atoms with E-state index in [0.29, 0.717) is 6.42 Å². The molecule has 0 amide bonds. The predicted octanol–water partition coefficient (Wildman–Crippen LogP) is 4.95. The maximum atomic E-state index is 11.6. The summed E-state index contributed by atoms with van der Waals surface area (Å²) in [5.41, 5.74) is 1.80. The Hall–Kier alpha value is -2.58. The van der Waals surface area contributed by atoms with E-state index in [1.165, 1.54) is 0 Å². The van der Waals surface area contributed by atoms with Crippen molar-refractivity contribution in [3.8, 4) is 5.75 Å². The lowest BCUT2D eigenvalue weighted by Crippen LogP contribution is -2.30. The van der Waals surface area contributed by atoms with Crippen molar-refractivity contribution in [1.82, 2.24) is 0 Å². The molecule has 1 N–H and O–H groups in total. The van der Waals surface area contributed by atoms with Gasteiger partial charge in [0.15, 0.2) is 0 Å². The van der Waals surface area contributed by atoms with E-state index < -0.39 is 5.60 Å². The van der Waals surface area contributed by atoms with Crippen LogP contribution in [0.4, 0.5) is 0 Å². The fourth-order valence-electron chi connectivity index (χ4n) is 3.02. The number of aliphatic hydroxyl groups is 1. The maximum Gasteiger partial charge on any atom is 0.119 e. The summed E-state index contributed by atoms with van der Waals surface area (Å²) in [5, 5.41) is 11.6. The second-order valence-electron chi connectivity index (χ2n) is 6.26. The van der Waals surface area contributed by atoms with E-state index in [0.717, 1.165) is 35.5 Å². The summed E-state index contributed by atoms with van der Waals surface area (Å²) in [5.74, 6) is 0.869. The van der Waals surface area contributed by atoms with E-state index >= 15 is 0 Å². The van der Waals surface area contributed by atoms with Crippen LogP contribution in [0.5, 0.6) is 5.75 Å². The summed E-state index contributed by atoms with van der Waals surface area (Å²) in [6, 6.07) is 27.7. The van der Waals surface area contributed by atoms with Crippen molar-refractivity contribution in [3.63, 3.8) is 0 Å². The number of ether oxygens (including phenoxy) is 1. The molecule has 0 spiro atoms. The van der Waals surface area contributed by atoms with Crippen molar-refractivity contribution in [2.24, 2.45) is 0 Å². The molecule has 3 aromatic rings. The van der Waals surface area contributed by atoms with Crippen LogP contribution in [0.2, 0.25) is 0 Å². The first-order valence-electron chi connectivity index (χ1n) is 8.77. The molecule has 0 unspecified atom stereocenters. The van der Waals surface area contributed by atoms with E-state index in [2.05, 4.69) is 6.92 Å². The Morgan fingerprint density at radius 2 is 1.28 bits per heavy atom. The minimum Gasteiger partial charge on any atom is -0.494 e. The second kappa shape index (κ2) is 8.00. The van der Waals surface area contributed by atoms with Gasteiger partial charge >= 0.3 is 0 Å². The molecule has 2 nitrogen and oxygen atoms in total. The van der Waals surface area contributed by atoms with Gasteiger partial charge in [-0.2, -0.15) is 0 Å². The van der Waals surface area contributed by atoms with Crippen LogP contribution < -0.4 is 4.74 Å². The van der Waals surface area contributed by atoms with Crippen LogP contribution in [0.15, 0.2) is 84.9 Å². The van der Waals surface area contributed by atoms with E-state index in [1.807, 2.05) is 84.9 Å². The van der Waals surface area contributed by atoms with Crippen molar-refractivity contribution < 1.29 is 9.84 Å². The zero-order chi connectivity index (χ0) is 17.5. The van der Waals surface area contributed by atoms with Gasteiger partial charge in [0, 0.05) is 6.42 Å². The normalized spacial score (nSPS) is 11.3. The Morgan fingerprint density at radius 1 is 0.760 bits per heavy atom. The first kappa shape index (κ1) is 17.2. The topological polar surface area (TPSA) is 29.5 Å². The van der Waals surface area contributed by atoms with Gasteiger partial charge in [-0.15, -0.1) is 0 Å². The summed E-state index contributed by atoms with van der Waals surface area (Å²) in [6.45, 7) is 2.81. The van der Waals surface area contributed by atoms with Crippen LogP contribution in [-0.4, -0.2) is 11.7 Å². The van der Waals surface area contributed by atoms with Gasteiger partial charge in [0.25, 0.3) is 0 Å². The van der Waals surface area contributed by atoms with Gasteiger partial charge in [0.1, 0.15) is 11.4 Å². The average molecular weight is 332 g/mol. The molecule has 0 saturated heterocycles. The monoisotopic (exact) mass is 332 g/mol. The number of benzene rings is 3. The second-order valence-corrected chi connectivity index (χ2v) is 6.26. The molecular weight excluding hydrogens is 308 g/mol. The molecule has 25 heavy (non-hydrogen) atoms. The third-order valence-corrected chi connectivity index (χ3v) is 4.36. The third kappa shape index (κ3) is 4.09. The van der Waals surface area contributed by atoms with Gasteiger partial charge in [-0.05, 0) is 35.2 Å². The minimum absolute atomic E-state index is 0.509. The Morgan fingerprint density at radius 3 is 1.76 bits per heavy atom. The highest BCUT2D eigenvalue weighted by molar-refractivity contribution is 5.39. The summed E-state index contributed by atoms with van der Waals surface area (Å²) in [7, 11) is 0. The van der Waals surface area contributed by atoms with Crippen molar-refractivity contribution in [3.05, 3.63) is 102 Å². The van der Waals surface area contributed by atoms with E-state index in [1.54, 1.807) is 0 Å². The van der Waals surface area contributed by atoms with Gasteiger partial charge in [-0.1, -0.05) is 79.7 Å². The highest BCUT2D eigenvalue weighted by Crippen LogP contribution is 2.33. The van der Waals surface area contributed by atoms with Gasteiger partial charge in [0.05, 0.1) is 6.61 Å². The number of hydrogen-bond donors (Lipinski definition) is 1. The molecule has 0 aliphatic rings. The average Bonchev–Trinajstić information content (AvgIpc) is 2.69. The predicted molar refractivity (Wildman–Crippen MR) is 102 cm³/mol. The molecule has 0 radical (unpaired) electrons. The number of rotatable bonds is 7. The summed E-state index contributed by atoms with van der Waals surface area (Å²) in [6.07, 6.45) is 1.50. The van der Waals surface area contributed by atoms with Crippen LogP contribution in [0.1, 0.15) is 30.0 Å². The Bertz CT molecular complexity index is 725. The smallest absolute Gasteiger partial charge is 0.119 e. The molecule has 3 rings (SSSR count). The summed E-state index contributed by atoms with van der Waals surface area (Å²) >= 11 is 0. The molecule has 3 aromatic carbocycles. The largest absolute Gasteiger partial charge is 0.494 e. The standard InChI is InChI=1S/C23H24O2/c1-2-17-25-22-15-13-19(14-16-22)18-23(24,20-9-5-3-6-10-20)21-11-7-4-8-12-21/h3-16,24H,2,17-18H2,1H3. The molecule has 0 bridgehead atoms. The molecule has 0 aliphatic heterocycles. The maximum absolute atomic E-state index is 11.6. The van der Waals surface area contributed by atoms with Gasteiger partial charge in [0.2, 0.25) is 0 Å². The van der Waals surface area contributed by atoms with Crippen LogP contribution in [-0.2, 0) is 12.0 Å². The lowest BCUT2D eigenvalue weighted by molar-refractivity contribution is 0.0811. The van der Waals surface area contributed by atoms with Crippen LogP contribution >= 0.6 is 0 Å². The highest BCUT2D eigenvalue weighted by atomic mass is 16.5. The van der Waals surface area contributed by atoms with Gasteiger partial charge in [-0.3, -0.25) is 0 Å². The highest BCUT2D eigenvalue weighted by Gasteiger charge is 2.31. The first-order valence-corrected chi connectivity index (χ1v) is 8.77. The molecule has 0 aromatic heterocycles. The SMILES string of the molecule is CCCOc1ccc(CC(O)(c2ccccc2)c2ccccc2)cc1. The van der Waals surface area contributed by atoms with E-state index in [-0.39, 0.29) is 0 Å². The van der Waals surface area contributed by atoms with Gasteiger partial charge in [-0.25, -0.2) is 0 Å². The molecule has 0 aliphatic carbocycles. The lowest BCUT2D eigenvalue weighted by atomic mass is 9.81. The summed E-state index contributed by atoms with van der Waals surface area (Å²) < 4.78 is 5.65. The molecule has 2 heteroatoms. The minimum atomic E-state index is -1.06. The van der Waals surface area contributed by atoms with Crippen molar-refractivity contribution in [2.75, 3.05) is 6.61 Å². The van der Waals surface area contributed by atoms with Crippen molar-refractivity contribution in [1.29, 1.82) is 0 Å². The molecule has 0 fully saturated rings. The van der Waals surface area contributed by atoms with Crippen LogP contribution in [0.25, 0.3) is 0 Å². The van der Waals surface area contributed by atoms with Crippen molar-refractivity contribution >= 4 is 0 Å². The molecule has 0 atom stereocenters. The summed E-state index contributed by atoms with van der Waals surface area (Å²) in [4.78, 5) is 0. The molecule has 0 saturated carbocycles. The third-order valence-electron chi connectivity index (χ3n) is 4.36. The Labute approximate surface area is 149 Å². The zero-order valence-corrected chi connectivity index (χ0v) is 14.6. The van der Waals surface area contributed by atoms with Crippen LogP contribution in [0, 0.1) is 0 Å². The fourth-order valence-corrected chi connectivity index (χ4v) is 3.02. The fraction of sp³-hybridized carbons (Fsp3) is 0.217. The van der Waals surface area contributed by atoms with Gasteiger partial charge < -0.3 is 9.84 Å². The first-order chi connectivity index (χ1) is 12.2. The van der Waals surface area contributed by atoms with E-state index in [4.69, 9.17) is 4.74 Å². The van der Waals surface area contributed by atoms with Crippen LogP contribution in [0.3, 0.4) is 0 Å². The molecule has 128 valence electrons. The van der Waals surface area contributed by atoms with E-state index in [9.17, 15) is 5.11 Å². The zero-order valence-electron chi connectivity index (χ0n) is 14.6. The Balaban J connectivity index is 1.91. The number of hydrogen-bond acceptors (Lipinski definition) is 2. The Kier molecular flexibility index (Phi) is 5.52. The lowest BCUT2D eigenvalue weighted by Gasteiger charge is -2.29.